The Bertz CT molecular complexity index is 993. The van der Waals surface area contributed by atoms with Crippen LogP contribution in [0, 0.1) is 0 Å². The first-order valence-corrected chi connectivity index (χ1v) is 9.45. The van der Waals surface area contributed by atoms with Crippen LogP contribution in [0.5, 0.6) is 0 Å². The number of nitrogens with one attached hydrogen (secondary N) is 1. The molecule has 2 aromatic heterocycles. The van der Waals surface area contributed by atoms with Crippen LogP contribution < -0.4 is 11.0 Å². The summed E-state index contributed by atoms with van der Waals surface area (Å²) < 4.78 is 3.37. The fraction of sp³-hybridized carbons (Fsp3) is 0.444. The molecule has 1 amide bonds. The molecule has 0 aliphatic rings. The lowest BCUT2D eigenvalue weighted by atomic mass is 9.98. The summed E-state index contributed by atoms with van der Waals surface area (Å²) in [6, 6.07) is 7.63. The van der Waals surface area contributed by atoms with E-state index in [1.165, 1.54) is 11.3 Å². The molecule has 2 heterocycles. The predicted octanol–water partition coefficient (Wildman–Crippen LogP) is 3.00. The SMILES string of the molecule is CCn1c(=O)n(CCC(=O)Nc2nnc(C(C)(C)C)s2)c2ccccc21. The fourth-order valence-electron chi connectivity index (χ4n) is 2.77. The van der Waals surface area contributed by atoms with Crippen LogP contribution in [0.3, 0.4) is 0 Å². The molecule has 0 unspecified atom stereocenters. The Morgan fingerprint density at radius 3 is 2.38 bits per heavy atom. The molecule has 3 aromatic rings. The van der Waals surface area contributed by atoms with Crippen LogP contribution in [0.2, 0.25) is 0 Å². The number of anilines is 1. The molecule has 138 valence electrons. The number of carbonyl (C=O) groups excluding carboxylic acids is 1. The second kappa shape index (κ2) is 7.03. The molecule has 7 nitrogen and oxygen atoms in total. The first kappa shape index (κ1) is 18.3. The topological polar surface area (TPSA) is 81.8 Å². The second-order valence-corrected chi connectivity index (χ2v) is 8.11. The molecular formula is C18H23N5O2S. The third-order valence-corrected chi connectivity index (χ3v) is 5.38. The minimum Gasteiger partial charge on any atom is -0.300 e. The van der Waals surface area contributed by atoms with Gasteiger partial charge in [0.25, 0.3) is 0 Å². The number of imidazole rings is 1. The molecule has 8 heteroatoms. The first-order chi connectivity index (χ1) is 12.3. The number of aromatic nitrogens is 4. The lowest BCUT2D eigenvalue weighted by molar-refractivity contribution is -0.116. The quantitative estimate of drug-likeness (QED) is 0.745. The average Bonchev–Trinajstić information content (AvgIpc) is 3.15. The predicted molar refractivity (Wildman–Crippen MR) is 104 cm³/mol. The van der Waals surface area contributed by atoms with Gasteiger partial charge in [0, 0.05) is 24.9 Å². The fourth-order valence-corrected chi connectivity index (χ4v) is 3.58. The molecule has 0 atom stereocenters. The van der Waals surface area contributed by atoms with Crippen molar-refractivity contribution in [3.05, 3.63) is 39.8 Å². The highest BCUT2D eigenvalue weighted by Crippen LogP contribution is 2.27. The van der Waals surface area contributed by atoms with Gasteiger partial charge in [0.2, 0.25) is 11.0 Å². The van der Waals surface area contributed by atoms with Gasteiger partial charge in [0.1, 0.15) is 5.01 Å². The van der Waals surface area contributed by atoms with Crippen LogP contribution in [-0.4, -0.2) is 25.2 Å². The third kappa shape index (κ3) is 3.55. The Morgan fingerprint density at radius 1 is 1.15 bits per heavy atom. The van der Waals surface area contributed by atoms with Gasteiger partial charge in [-0.3, -0.25) is 13.9 Å². The Balaban J connectivity index is 1.72. The van der Waals surface area contributed by atoms with E-state index in [2.05, 4.69) is 36.3 Å². The minimum atomic E-state index is -0.179. The Morgan fingerprint density at radius 2 is 1.81 bits per heavy atom. The van der Waals surface area contributed by atoms with Crippen molar-refractivity contribution in [2.75, 3.05) is 5.32 Å². The van der Waals surface area contributed by atoms with E-state index in [0.29, 0.717) is 18.2 Å². The lowest BCUT2D eigenvalue weighted by Gasteiger charge is -2.12. The maximum absolute atomic E-state index is 12.6. The Hall–Kier alpha value is -2.48. The van der Waals surface area contributed by atoms with Crippen LogP contribution in [0.1, 0.15) is 39.1 Å². The van der Waals surface area contributed by atoms with Gasteiger partial charge in [-0.2, -0.15) is 0 Å². The van der Waals surface area contributed by atoms with Crippen LogP contribution >= 0.6 is 11.3 Å². The maximum Gasteiger partial charge on any atom is 0.329 e. The molecule has 3 rings (SSSR count). The molecule has 1 N–H and O–H groups in total. The van der Waals surface area contributed by atoms with Gasteiger partial charge in [-0.1, -0.05) is 44.2 Å². The van der Waals surface area contributed by atoms with Crippen molar-refractivity contribution in [1.82, 2.24) is 19.3 Å². The molecule has 0 aliphatic carbocycles. The van der Waals surface area contributed by atoms with Crippen molar-refractivity contribution in [3.8, 4) is 0 Å². The van der Waals surface area contributed by atoms with E-state index >= 15 is 0 Å². The lowest BCUT2D eigenvalue weighted by Crippen LogP contribution is -2.25. The van der Waals surface area contributed by atoms with E-state index in [4.69, 9.17) is 0 Å². The van der Waals surface area contributed by atoms with Crippen molar-refractivity contribution in [2.24, 2.45) is 0 Å². The smallest absolute Gasteiger partial charge is 0.300 e. The zero-order chi connectivity index (χ0) is 18.9. The molecule has 0 saturated carbocycles. The Kier molecular flexibility index (Phi) is 4.95. The number of carbonyl (C=O) groups is 1. The van der Waals surface area contributed by atoms with Crippen LogP contribution in [0.4, 0.5) is 5.13 Å². The summed E-state index contributed by atoms with van der Waals surface area (Å²) >= 11 is 1.38. The molecule has 0 saturated heterocycles. The number of aryl methyl sites for hydroxylation is 2. The maximum atomic E-state index is 12.6. The van der Waals surface area contributed by atoms with Crippen molar-refractivity contribution in [1.29, 1.82) is 0 Å². The number of benzene rings is 1. The zero-order valence-corrected chi connectivity index (χ0v) is 16.3. The van der Waals surface area contributed by atoms with E-state index in [1.807, 2.05) is 31.2 Å². The molecule has 0 radical (unpaired) electrons. The van der Waals surface area contributed by atoms with Crippen molar-refractivity contribution >= 4 is 33.4 Å². The first-order valence-electron chi connectivity index (χ1n) is 8.63. The van der Waals surface area contributed by atoms with Gasteiger partial charge in [-0.25, -0.2) is 4.79 Å². The molecule has 26 heavy (non-hydrogen) atoms. The van der Waals surface area contributed by atoms with Gasteiger partial charge in [0.15, 0.2) is 0 Å². The highest BCUT2D eigenvalue weighted by Gasteiger charge is 2.20. The summed E-state index contributed by atoms with van der Waals surface area (Å²) in [6.45, 7) is 9.01. The largest absolute Gasteiger partial charge is 0.329 e. The number of nitrogens with zero attached hydrogens (tertiary/aromatic N) is 4. The molecular weight excluding hydrogens is 350 g/mol. The van der Waals surface area contributed by atoms with E-state index in [9.17, 15) is 9.59 Å². The van der Waals surface area contributed by atoms with Crippen molar-refractivity contribution in [2.45, 2.75) is 52.6 Å². The van der Waals surface area contributed by atoms with Gasteiger partial charge < -0.3 is 5.32 Å². The summed E-state index contributed by atoms with van der Waals surface area (Å²) in [5.41, 5.74) is 1.54. The van der Waals surface area contributed by atoms with Crippen LogP contribution in [0.15, 0.2) is 29.1 Å². The second-order valence-electron chi connectivity index (χ2n) is 7.13. The standard InChI is InChI=1S/C18H23N5O2S/c1-5-22-12-8-6-7-9-13(12)23(17(22)25)11-10-14(24)19-16-21-20-15(26-16)18(2,3)4/h6-9H,5,10-11H2,1-4H3,(H,19,21,24). The summed E-state index contributed by atoms with van der Waals surface area (Å²) in [5.74, 6) is -0.179. The van der Waals surface area contributed by atoms with Gasteiger partial charge in [0.05, 0.1) is 11.0 Å². The molecule has 0 aliphatic heterocycles. The van der Waals surface area contributed by atoms with E-state index in [-0.39, 0.29) is 23.4 Å². The van der Waals surface area contributed by atoms with Crippen molar-refractivity contribution in [3.63, 3.8) is 0 Å². The zero-order valence-electron chi connectivity index (χ0n) is 15.4. The summed E-state index contributed by atoms with van der Waals surface area (Å²) in [7, 11) is 0. The van der Waals surface area contributed by atoms with Crippen molar-refractivity contribution < 1.29 is 4.79 Å². The summed E-state index contributed by atoms with van der Waals surface area (Å²) in [4.78, 5) is 24.9. The normalized spacial score (nSPS) is 11.8. The van der Waals surface area contributed by atoms with E-state index in [1.54, 1.807) is 9.13 Å². The highest BCUT2D eigenvalue weighted by molar-refractivity contribution is 7.15. The van der Waals surface area contributed by atoms with Gasteiger partial charge >= 0.3 is 5.69 Å². The third-order valence-electron chi connectivity index (χ3n) is 4.12. The number of amides is 1. The molecule has 1 aromatic carbocycles. The number of hydrogen-bond donors (Lipinski definition) is 1. The van der Waals surface area contributed by atoms with Crippen LogP contribution in [-0.2, 0) is 23.3 Å². The highest BCUT2D eigenvalue weighted by atomic mass is 32.1. The van der Waals surface area contributed by atoms with Gasteiger partial charge in [-0.15, -0.1) is 10.2 Å². The number of rotatable bonds is 5. The van der Waals surface area contributed by atoms with Gasteiger partial charge in [-0.05, 0) is 19.1 Å². The Labute approximate surface area is 155 Å². The molecule has 0 bridgehead atoms. The molecule has 0 fully saturated rings. The van der Waals surface area contributed by atoms with E-state index < -0.39 is 0 Å². The number of para-hydroxylation sites is 2. The van der Waals surface area contributed by atoms with E-state index in [0.717, 1.165) is 16.0 Å². The summed E-state index contributed by atoms with van der Waals surface area (Å²) in [6.07, 6.45) is 0.196. The minimum absolute atomic E-state index is 0.0903. The van der Waals surface area contributed by atoms with Crippen LogP contribution in [0.25, 0.3) is 11.0 Å². The average molecular weight is 373 g/mol. The monoisotopic (exact) mass is 373 g/mol. The molecule has 0 spiro atoms. The summed E-state index contributed by atoms with van der Waals surface area (Å²) in [5, 5.41) is 12.3. The number of hydrogen-bond acceptors (Lipinski definition) is 5. The number of fused-ring (bicyclic) bond motifs is 1.